The molecule has 2 heteroatoms. The van der Waals surface area contributed by atoms with E-state index in [4.69, 9.17) is 0 Å². The van der Waals surface area contributed by atoms with Gasteiger partial charge >= 0.3 is 0 Å². The molecular formula is C27H33NSi. The Morgan fingerprint density at radius 3 is 1.72 bits per heavy atom. The first-order valence-corrected chi connectivity index (χ1v) is 14.1. The molecule has 0 bridgehead atoms. The first-order valence-electron chi connectivity index (χ1n) is 10.6. The van der Waals surface area contributed by atoms with Crippen molar-refractivity contribution in [3.8, 4) is 11.5 Å². The lowest BCUT2D eigenvalue weighted by molar-refractivity contribution is 0.274. The van der Waals surface area contributed by atoms with E-state index in [-0.39, 0.29) is 6.04 Å². The average Bonchev–Trinajstić information content (AvgIpc) is 3.53. The van der Waals surface area contributed by atoms with E-state index in [0.717, 1.165) is 24.2 Å². The Kier molecular flexibility index (Phi) is 6.95. The van der Waals surface area contributed by atoms with Crippen LogP contribution in [0.1, 0.15) is 24.0 Å². The Balaban J connectivity index is 1.86. The van der Waals surface area contributed by atoms with Crippen molar-refractivity contribution in [3.05, 3.63) is 84.9 Å². The van der Waals surface area contributed by atoms with Gasteiger partial charge in [-0.25, -0.2) is 0 Å². The number of hydrogen-bond donors (Lipinski definition) is 0. The molecule has 1 aliphatic rings. The Morgan fingerprint density at radius 1 is 0.897 bits per heavy atom. The van der Waals surface area contributed by atoms with Crippen LogP contribution in [0.2, 0.25) is 19.6 Å². The van der Waals surface area contributed by atoms with Crippen LogP contribution in [0.5, 0.6) is 0 Å². The minimum Gasteiger partial charge on any atom is -0.281 e. The summed E-state index contributed by atoms with van der Waals surface area (Å²) in [6, 6.07) is 21.3. The van der Waals surface area contributed by atoms with Crippen LogP contribution in [0, 0.1) is 17.4 Å². The van der Waals surface area contributed by atoms with E-state index in [1.807, 2.05) is 0 Å². The first-order chi connectivity index (χ1) is 13.8. The van der Waals surface area contributed by atoms with Gasteiger partial charge in [-0.1, -0.05) is 99.4 Å². The molecule has 2 aromatic rings. The third-order valence-corrected chi connectivity index (χ3v) is 6.10. The smallest absolute Gasteiger partial charge is 0.129 e. The summed E-state index contributed by atoms with van der Waals surface area (Å²) in [4.78, 5) is 2.51. The molecule has 0 heterocycles. The van der Waals surface area contributed by atoms with Crippen LogP contribution in [0.4, 0.5) is 0 Å². The van der Waals surface area contributed by atoms with Crippen LogP contribution >= 0.6 is 0 Å². The second-order valence-electron chi connectivity index (χ2n) is 9.15. The van der Waals surface area contributed by atoms with Gasteiger partial charge in [-0.15, -0.1) is 5.54 Å². The molecule has 1 atom stereocenters. The quantitative estimate of drug-likeness (QED) is 0.368. The summed E-state index contributed by atoms with van der Waals surface area (Å²) in [6.07, 6.45) is 2.55. The van der Waals surface area contributed by atoms with Crippen LogP contribution in [-0.2, 0) is 0 Å². The summed E-state index contributed by atoms with van der Waals surface area (Å²) in [5.41, 5.74) is 8.34. The van der Waals surface area contributed by atoms with Crippen LogP contribution in [-0.4, -0.2) is 32.1 Å². The molecule has 2 aromatic carbocycles. The molecule has 1 fully saturated rings. The summed E-state index contributed by atoms with van der Waals surface area (Å²) in [7, 11) is -1.42. The predicted octanol–water partition coefficient (Wildman–Crippen LogP) is 6.37. The average molecular weight is 400 g/mol. The Labute approximate surface area is 178 Å². The van der Waals surface area contributed by atoms with Gasteiger partial charge in [0.2, 0.25) is 0 Å². The molecule has 0 radical (unpaired) electrons. The second-order valence-corrected chi connectivity index (χ2v) is 13.9. The third-order valence-electron chi connectivity index (χ3n) is 5.21. The zero-order chi connectivity index (χ0) is 20.9. The Morgan fingerprint density at radius 2 is 1.34 bits per heavy atom. The molecule has 3 rings (SSSR count). The highest BCUT2D eigenvalue weighted by Gasteiger charge is 2.35. The van der Waals surface area contributed by atoms with Crippen molar-refractivity contribution < 1.29 is 0 Å². The van der Waals surface area contributed by atoms with Crippen molar-refractivity contribution in [2.24, 2.45) is 5.92 Å². The number of hydrogen-bond acceptors (Lipinski definition) is 1. The van der Waals surface area contributed by atoms with Gasteiger partial charge in [0.15, 0.2) is 0 Å². The van der Waals surface area contributed by atoms with Crippen molar-refractivity contribution in [1.29, 1.82) is 0 Å². The minimum atomic E-state index is -1.42. The highest BCUT2D eigenvalue weighted by Crippen LogP contribution is 2.36. The Hall–Kier alpha value is -2.34. The van der Waals surface area contributed by atoms with Gasteiger partial charge in [0.1, 0.15) is 8.07 Å². The molecule has 1 aliphatic carbocycles. The van der Waals surface area contributed by atoms with Crippen molar-refractivity contribution in [1.82, 2.24) is 4.90 Å². The van der Waals surface area contributed by atoms with Crippen molar-refractivity contribution >= 4 is 19.2 Å². The van der Waals surface area contributed by atoms with Gasteiger partial charge < -0.3 is 0 Å². The lowest BCUT2D eigenvalue weighted by Crippen LogP contribution is -2.38. The van der Waals surface area contributed by atoms with Gasteiger partial charge in [-0.2, -0.15) is 0 Å². The van der Waals surface area contributed by atoms with Crippen molar-refractivity contribution in [2.45, 2.75) is 38.5 Å². The summed E-state index contributed by atoms with van der Waals surface area (Å²) in [5.74, 6) is 4.36. The predicted molar refractivity (Wildman–Crippen MR) is 130 cm³/mol. The molecule has 0 N–H and O–H groups in total. The van der Waals surface area contributed by atoms with E-state index in [2.05, 4.69) is 110 Å². The number of benzene rings is 2. The summed E-state index contributed by atoms with van der Waals surface area (Å²) < 4.78 is 0. The fourth-order valence-corrected chi connectivity index (χ4v) is 4.06. The molecule has 0 unspecified atom stereocenters. The van der Waals surface area contributed by atoms with E-state index < -0.39 is 8.07 Å². The zero-order valence-corrected chi connectivity index (χ0v) is 19.1. The molecule has 0 saturated heterocycles. The van der Waals surface area contributed by atoms with Gasteiger partial charge in [-0.05, 0) is 41.0 Å². The molecule has 29 heavy (non-hydrogen) atoms. The topological polar surface area (TPSA) is 3.24 Å². The molecule has 1 saturated carbocycles. The lowest BCUT2D eigenvalue weighted by atomic mass is 10.0. The summed E-state index contributed by atoms with van der Waals surface area (Å²) in [5, 5.41) is 0. The molecule has 0 spiro atoms. The molecular weight excluding hydrogens is 366 g/mol. The first kappa shape index (κ1) is 21.4. The maximum atomic E-state index is 4.40. The summed E-state index contributed by atoms with van der Waals surface area (Å²) >= 11 is 0. The third kappa shape index (κ3) is 6.60. The maximum Gasteiger partial charge on any atom is 0.129 e. The van der Waals surface area contributed by atoms with Crippen molar-refractivity contribution in [3.63, 3.8) is 0 Å². The van der Waals surface area contributed by atoms with E-state index in [1.54, 1.807) is 0 Å². The molecule has 0 aliphatic heterocycles. The summed E-state index contributed by atoms with van der Waals surface area (Å²) in [6.45, 7) is 17.4. The highest BCUT2D eigenvalue weighted by molar-refractivity contribution is 6.83. The van der Waals surface area contributed by atoms with Crippen LogP contribution in [0.3, 0.4) is 0 Å². The highest BCUT2D eigenvalue weighted by atomic mass is 28.3. The zero-order valence-electron chi connectivity index (χ0n) is 18.1. The van der Waals surface area contributed by atoms with Crippen LogP contribution < -0.4 is 0 Å². The van der Waals surface area contributed by atoms with Gasteiger partial charge in [0, 0.05) is 13.1 Å². The maximum absolute atomic E-state index is 4.40. The van der Waals surface area contributed by atoms with E-state index in [0.29, 0.717) is 5.92 Å². The molecule has 1 nitrogen and oxygen atoms in total. The largest absolute Gasteiger partial charge is 0.281 e. The fraction of sp³-hybridized carbons (Fsp3) is 0.333. The normalized spacial score (nSPS) is 14.8. The number of rotatable bonds is 8. The van der Waals surface area contributed by atoms with Gasteiger partial charge in [0.25, 0.3) is 0 Å². The van der Waals surface area contributed by atoms with Gasteiger partial charge in [-0.3, -0.25) is 4.90 Å². The molecule has 150 valence electrons. The van der Waals surface area contributed by atoms with Crippen LogP contribution in [0.25, 0.3) is 11.1 Å². The SMILES string of the molecule is C=C(CN(CC(=C)c1ccccc1)[C@@H](C#C[Si](C)(C)C)C1CC1)c1ccccc1. The van der Waals surface area contributed by atoms with Gasteiger partial charge in [0.05, 0.1) is 6.04 Å². The van der Waals surface area contributed by atoms with E-state index >= 15 is 0 Å². The lowest BCUT2D eigenvalue weighted by Gasteiger charge is -2.30. The monoisotopic (exact) mass is 399 g/mol. The fourth-order valence-electron chi connectivity index (χ4n) is 3.48. The van der Waals surface area contributed by atoms with Crippen LogP contribution in [0.15, 0.2) is 73.8 Å². The molecule has 0 amide bonds. The minimum absolute atomic E-state index is 0.280. The molecule has 0 aromatic heterocycles. The van der Waals surface area contributed by atoms with E-state index in [9.17, 15) is 0 Å². The second kappa shape index (κ2) is 9.44. The standard InChI is InChI=1S/C27H33NSi/c1-22(24-12-8-6-9-13-24)20-28(21-23(2)25-14-10-7-11-15-25)27(26-16-17-26)18-19-29(3,4)5/h6-15,26-27H,1-2,16-17,20-21H2,3-5H3/t27-/m0/s1. The van der Waals surface area contributed by atoms with Crippen molar-refractivity contribution in [2.75, 3.05) is 13.1 Å². The Bertz CT molecular complexity index is 839. The van der Waals surface area contributed by atoms with E-state index in [1.165, 1.54) is 24.0 Å². The number of nitrogens with zero attached hydrogens (tertiary/aromatic N) is 1.